The van der Waals surface area contributed by atoms with Crippen LogP contribution in [-0.2, 0) is 6.42 Å². The molecule has 1 aromatic rings. The fourth-order valence-corrected chi connectivity index (χ4v) is 1.54. The van der Waals surface area contributed by atoms with Crippen LogP contribution in [-0.4, -0.2) is 29.9 Å². The molecule has 0 aromatic heterocycles. The average molecular weight is 245 g/mol. The van der Waals surface area contributed by atoms with E-state index in [9.17, 15) is 0 Å². The maximum atomic E-state index is 7.78. The molecular formula is C13H19N5. The number of rotatable bonds is 5. The Kier molecular flexibility index (Phi) is 5.44. The predicted molar refractivity (Wildman–Crippen MR) is 75.5 cm³/mol. The molecule has 0 bridgehead atoms. The maximum absolute atomic E-state index is 7.78. The SMILES string of the molecule is C=CCN(CCc1ccccc1)C(=N)N=C(N)N. The van der Waals surface area contributed by atoms with E-state index in [0.717, 1.165) is 6.42 Å². The first-order chi connectivity index (χ1) is 8.63. The smallest absolute Gasteiger partial charge is 0.221 e. The number of benzene rings is 1. The first kappa shape index (κ1) is 13.8. The number of hydrogen-bond donors (Lipinski definition) is 3. The Morgan fingerprint density at radius 1 is 1.33 bits per heavy atom. The van der Waals surface area contributed by atoms with E-state index in [0.29, 0.717) is 13.1 Å². The van der Waals surface area contributed by atoms with Gasteiger partial charge < -0.3 is 16.4 Å². The largest absolute Gasteiger partial charge is 0.370 e. The topological polar surface area (TPSA) is 91.5 Å². The summed E-state index contributed by atoms with van der Waals surface area (Å²) in [5.41, 5.74) is 11.8. The normalized spacial score (nSPS) is 9.56. The lowest BCUT2D eigenvalue weighted by atomic mass is 10.1. The van der Waals surface area contributed by atoms with Crippen molar-refractivity contribution in [3.05, 3.63) is 48.6 Å². The van der Waals surface area contributed by atoms with Gasteiger partial charge in [0.05, 0.1) is 0 Å². The van der Waals surface area contributed by atoms with Gasteiger partial charge in [0.2, 0.25) is 5.96 Å². The van der Waals surface area contributed by atoms with E-state index >= 15 is 0 Å². The van der Waals surface area contributed by atoms with Gasteiger partial charge in [-0.3, -0.25) is 5.41 Å². The Bertz CT molecular complexity index is 420. The lowest BCUT2D eigenvalue weighted by molar-refractivity contribution is 0.458. The molecule has 5 heteroatoms. The summed E-state index contributed by atoms with van der Waals surface area (Å²) in [7, 11) is 0. The van der Waals surface area contributed by atoms with Crippen molar-refractivity contribution in [3.63, 3.8) is 0 Å². The van der Waals surface area contributed by atoms with E-state index in [2.05, 4.69) is 23.7 Å². The second-order valence-corrected chi connectivity index (χ2v) is 3.83. The molecule has 5 nitrogen and oxygen atoms in total. The van der Waals surface area contributed by atoms with Crippen molar-refractivity contribution >= 4 is 11.9 Å². The van der Waals surface area contributed by atoms with Gasteiger partial charge in [0.15, 0.2) is 5.96 Å². The molecular weight excluding hydrogens is 226 g/mol. The molecule has 18 heavy (non-hydrogen) atoms. The van der Waals surface area contributed by atoms with Crippen molar-refractivity contribution in [2.24, 2.45) is 16.5 Å². The van der Waals surface area contributed by atoms with Crippen LogP contribution in [0.1, 0.15) is 5.56 Å². The zero-order valence-corrected chi connectivity index (χ0v) is 10.3. The van der Waals surface area contributed by atoms with Crippen molar-refractivity contribution in [2.75, 3.05) is 13.1 Å². The Balaban J connectivity index is 2.61. The number of nitrogens with zero attached hydrogens (tertiary/aromatic N) is 2. The van der Waals surface area contributed by atoms with Crippen LogP contribution >= 0.6 is 0 Å². The minimum absolute atomic E-state index is 0.0610. The Morgan fingerprint density at radius 3 is 2.56 bits per heavy atom. The van der Waals surface area contributed by atoms with Gasteiger partial charge in [0.1, 0.15) is 0 Å². The highest BCUT2D eigenvalue weighted by molar-refractivity contribution is 5.91. The highest BCUT2D eigenvalue weighted by Gasteiger charge is 2.07. The van der Waals surface area contributed by atoms with Crippen molar-refractivity contribution in [1.29, 1.82) is 5.41 Å². The van der Waals surface area contributed by atoms with Crippen molar-refractivity contribution < 1.29 is 0 Å². The van der Waals surface area contributed by atoms with Gasteiger partial charge in [-0.15, -0.1) is 6.58 Å². The minimum atomic E-state index is -0.103. The average Bonchev–Trinajstić information content (AvgIpc) is 2.34. The number of hydrogen-bond acceptors (Lipinski definition) is 1. The van der Waals surface area contributed by atoms with Crippen LogP contribution < -0.4 is 11.5 Å². The van der Waals surface area contributed by atoms with Gasteiger partial charge in [-0.25, -0.2) is 0 Å². The molecule has 0 saturated carbocycles. The third kappa shape index (κ3) is 4.69. The lowest BCUT2D eigenvalue weighted by Gasteiger charge is -2.20. The highest BCUT2D eigenvalue weighted by Crippen LogP contribution is 2.02. The van der Waals surface area contributed by atoms with Gasteiger partial charge in [0.25, 0.3) is 0 Å². The summed E-state index contributed by atoms with van der Waals surface area (Å²) in [6.07, 6.45) is 2.55. The van der Waals surface area contributed by atoms with Gasteiger partial charge in [-0.2, -0.15) is 4.99 Å². The molecule has 1 rings (SSSR count). The molecule has 0 aliphatic carbocycles. The molecule has 0 aliphatic rings. The summed E-state index contributed by atoms with van der Waals surface area (Å²) in [5.74, 6) is -0.0420. The molecule has 0 amide bonds. The van der Waals surface area contributed by atoms with E-state index in [1.54, 1.807) is 11.0 Å². The second-order valence-electron chi connectivity index (χ2n) is 3.83. The molecule has 0 heterocycles. The lowest BCUT2D eigenvalue weighted by Crippen LogP contribution is -2.34. The third-order valence-corrected chi connectivity index (χ3v) is 2.40. The molecule has 1 aromatic carbocycles. The standard InChI is InChI=1S/C13H19N5/c1-2-9-18(13(16)17-12(14)15)10-8-11-6-4-3-5-7-11/h2-7H,1,8-10H2,(H5,14,15,16,17). The zero-order valence-electron chi connectivity index (χ0n) is 10.3. The Hall–Kier alpha value is -2.30. The number of nitrogens with two attached hydrogens (primary N) is 2. The van der Waals surface area contributed by atoms with Crippen LogP contribution in [0.2, 0.25) is 0 Å². The molecule has 0 aliphatic heterocycles. The van der Waals surface area contributed by atoms with Crippen molar-refractivity contribution in [2.45, 2.75) is 6.42 Å². The van der Waals surface area contributed by atoms with Crippen LogP contribution in [0.3, 0.4) is 0 Å². The van der Waals surface area contributed by atoms with Crippen LogP contribution in [0.15, 0.2) is 48.0 Å². The minimum Gasteiger partial charge on any atom is -0.370 e. The highest BCUT2D eigenvalue weighted by atomic mass is 15.3. The van der Waals surface area contributed by atoms with Crippen LogP contribution in [0.4, 0.5) is 0 Å². The first-order valence-electron chi connectivity index (χ1n) is 5.71. The predicted octanol–water partition coefficient (Wildman–Crippen LogP) is 0.925. The molecule has 0 radical (unpaired) electrons. The van der Waals surface area contributed by atoms with E-state index in [1.807, 2.05) is 18.2 Å². The Morgan fingerprint density at radius 2 is 2.00 bits per heavy atom. The number of nitrogens with one attached hydrogen (secondary N) is 1. The second kappa shape index (κ2) is 7.11. The van der Waals surface area contributed by atoms with Crippen molar-refractivity contribution in [3.8, 4) is 0 Å². The summed E-state index contributed by atoms with van der Waals surface area (Å²) in [6.45, 7) is 4.88. The van der Waals surface area contributed by atoms with E-state index in [-0.39, 0.29) is 11.9 Å². The third-order valence-electron chi connectivity index (χ3n) is 2.40. The first-order valence-corrected chi connectivity index (χ1v) is 5.71. The maximum Gasteiger partial charge on any atom is 0.221 e. The number of aliphatic imine (C=N–C) groups is 1. The molecule has 0 atom stereocenters. The Labute approximate surface area is 107 Å². The molecule has 0 saturated heterocycles. The van der Waals surface area contributed by atoms with Crippen LogP contribution in [0.25, 0.3) is 0 Å². The van der Waals surface area contributed by atoms with E-state index < -0.39 is 0 Å². The van der Waals surface area contributed by atoms with Gasteiger partial charge in [0, 0.05) is 13.1 Å². The van der Waals surface area contributed by atoms with Crippen LogP contribution in [0.5, 0.6) is 0 Å². The number of guanidine groups is 2. The fraction of sp³-hybridized carbons (Fsp3) is 0.231. The zero-order chi connectivity index (χ0) is 13.4. The summed E-state index contributed by atoms with van der Waals surface area (Å²) >= 11 is 0. The molecule has 0 unspecified atom stereocenters. The molecule has 0 fully saturated rings. The van der Waals surface area contributed by atoms with Gasteiger partial charge in [-0.1, -0.05) is 36.4 Å². The summed E-state index contributed by atoms with van der Waals surface area (Å²) in [6, 6.07) is 10.1. The molecule has 96 valence electrons. The van der Waals surface area contributed by atoms with Gasteiger partial charge >= 0.3 is 0 Å². The summed E-state index contributed by atoms with van der Waals surface area (Å²) in [5, 5.41) is 7.78. The van der Waals surface area contributed by atoms with Gasteiger partial charge in [-0.05, 0) is 12.0 Å². The molecule has 5 N–H and O–H groups in total. The monoisotopic (exact) mass is 245 g/mol. The van der Waals surface area contributed by atoms with Crippen LogP contribution in [0, 0.1) is 5.41 Å². The fourth-order valence-electron chi connectivity index (χ4n) is 1.54. The summed E-state index contributed by atoms with van der Waals surface area (Å²) in [4.78, 5) is 5.51. The summed E-state index contributed by atoms with van der Waals surface area (Å²) < 4.78 is 0. The van der Waals surface area contributed by atoms with Crippen molar-refractivity contribution in [1.82, 2.24) is 4.90 Å². The molecule has 0 spiro atoms. The van der Waals surface area contributed by atoms with E-state index in [4.69, 9.17) is 16.9 Å². The van der Waals surface area contributed by atoms with E-state index in [1.165, 1.54) is 5.56 Å². The quantitative estimate of drug-likeness (QED) is 0.409.